The van der Waals surface area contributed by atoms with E-state index < -0.39 is 11.4 Å². The first-order chi connectivity index (χ1) is 9.82. The maximum absolute atomic E-state index is 11.6. The van der Waals surface area contributed by atoms with E-state index in [4.69, 9.17) is 0 Å². The molecule has 3 rings (SSSR count). The highest BCUT2D eigenvalue weighted by atomic mass is 32.1. The van der Waals surface area contributed by atoms with Crippen LogP contribution in [0.5, 0.6) is 0 Å². The van der Waals surface area contributed by atoms with Gasteiger partial charge in [-0.2, -0.15) is 9.61 Å². The molecule has 0 bridgehead atoms. The largest absolute Gasteiger partial charge is 0.481 e. The fraction of sp³-hybridized carbons (Fsp3) is 0.714. The average molecular weight is 308 g/mol. The second-order valence-electron chi connectivity index (χ2n) is 6.93. The molecular formula is C14H20N4O2S. The molecule has 1 saturated carbocycles. The van der Waals surface area contributed by atoms with Gasteiger partial charge < -0.3 is 5.11 Å². The van der Waals surface area contributed by atoms with Crippen molar-refractivity contribution in [1.29, 1.82) is 0 Å². The summed E-state index contributed by atoms with van der Waals surface area (Å²) in [7, 11) is 0. The van der Waals surface area contributed by atoms with Crippen molar-refractivity contribution in [1.82, 2.24) is 19.8 Å². The number of fused-ring (bicyclic) bond motifs is 1. The van der Waals surface area contributed by atoms with Gasteiger partial charge in [-0.1, -0.05) is 44.9 Å². The Labute approximate surface area is 127 Å². The molecule has 0 saturated heterocycles. The summed E-state index contributed by atoms with van der Waals surface area (Å²) in [5, 5.41) is 23.4. The van der Waals surface area contributed by atoms with Crippen LogP contribution in [0.2, 0.25) is 0 Å². The molecule has 114 valence electrons. The molecule has 6 nitrogen and oxygen atoms in total. The van der Waals surface area contributed by atoms with E-state index in [2.05, 4.69) is 36.1 Å². The first-order valence-electron chi connectivity index (χ1n) is 7.27. The van der Waals surface area contributed by atoms with E-state index in [0.717, 1.165) is 41.5 Å². The van der Waals surface area contributed by atoms with Crippen LogP contribution in [0.3, 0.4) is 0 Å². The number of carboxylic acid groups (broad SMARTS) is 1. The normalized spacial score (nSPS) is 18.4. The lowest BCUT2D eigenvalue weighted by Crippen LogP contribution is -2.30. The molecule has 2 aromatic rings. The zero-order chi connectivity index (χ0) is 15.3. The molecule has 2 heterocycles. The average Bonchev–Trinajstić information content (AvgIpc) is 3.02. The monoisotopic (exact) mass is 308 g/mol. The lowest BCUT2D eigenvalue weighted by Gasteiger charge is -2.21. The number of aliphatic carboxylic acids is 1. The van der Waals surface area contributed by atoms with Crippen molar-refractivity contribution in [3.8, 4) is 0 Å². The number of carboxylic acids is 1. The fourth-order valence-electron chi connectivity index (χ4n) is 3.00. The Balaban J connectivity index is 1.95. The van der Waals surface area contributed by atoms with Gasteiger partial charge in [0.05, 0.1) is 5.41 Å². The highest BCUT2D eigenvalue weighted by Gasteiger charge is 2.42. The van der Waals surface area contributed by atoms with Crippen LogP contribution in [0, 0.1) is 5.41 Å². The molecule has 21 heavy (non-hydrogen) atoms. The smallest absolute Gasteiger partial charge is 0.310 e. The van der Waals surface area contributed by atoms with Gasteiger partial charge in [0.15, 0.2) is 5.82 Å². The maximum Gasteiger partial charge on any atom is 0.310 e. The van der Waals surface area contributed by atoms with E-state index in [1.807, 2.05) is 0 Å². The molecule has 1 fully saturated rings. The van der Waals surface area contributed by atoms with E-state index in [1.165, 1.54) is 11.3 Å². The first-order valence-corrected chi connectivity index (χ1v) is 8.08. The number of hydrogen-bond acceptors (Lipinski definition) is 5. The van der Waals surface area contributed by atoms with Crippen LogP contribution in [0.25, 0.3) is 4.96 Å². The molecule has 2 aromatic heterocycles. The van der Waals surface area contributed by atoms with Gasteiger partial charge in [0.1, 0.15) is 5.01 Å². The van der Waals surface area contributed by atoms with Crippen LogP contribution < -0.4 is 0 Å². The number of rotatable bonds is 3. The quantitative estimate of drug-likeness (QED) is 0.943. The Morgan fingerprint density at radius 3 is 2.57 bits per heavy atom. The molecule has 0 atom stereocenters. The minimum atomic E-state index is -0.693. The number of hydrogen-bond donors (Lipinski definition) is 1. The summed E-state index contributed by atoms with van der Waals surface area (Å²) in [5.74, 6) is 0.123. The standard InChI is InChI=1S/C14H20N4O2S/c1-13(2,3)10-15-16-12-18(10)17-9(21-12)8-14(11(19)20)6-4-5-7-14/h4-8H2,1-3H3,(H,19,20). The Hall–Kier alpha value is -1.50. The minimum absolute atomic E-state index is 0.136. The molecular weight excluding hydrogens is 288 g/mol. The predicted octanol–water partition coefficient (Wildman–Crippen LogP) is 2.67. The van der Waals surface area contributed by atoms with Gasteiger partial charge in [0.25, 0.3) is 0 Å². The lowest BCUT2D eigenvalue weighted by atomic mass is 9.83. The molecule has 1 aliphatic rings. The van der Waals surface area contributed by atoms with Gasteiger partial charge >= 0.3 is 5.97 Å². The molecule has 0 aliphatic heterocycles. The second-order valence-corrected chi connectivity index (χ2v) is 7.97. The molecule has 1 N–H and O–H groups in total. The Morgan fingerprint density at radius 1 is 1.33 bits per heavy atom. The van der Waals surface area contributed by atoms with Crippen molar-refractivity contribution in [3.63, 3.8) is 0 Å². The first kappa shape index (κ1) is 14.4. The third-order valence-corrected chi connectivity index (χ3v) is 5.11. The molecule has 0 unspecified atom stereocenters. The summed E-state index contributed by atoms with van der Waals surface area (Å²) in [6.07, 6.45) is 3.97. The Bertz CT molecular complexity index is 677. The van der Waals surface area contributed by atoms with Crippen LogP contribution in [-0.2, 0) is 16.6 Å². The van der Waals surface area contributed by atoms with E-state index >= 15 is 0 Å². The number of nitrogens with zero attached hydrogens (tertiary/aromatic N) is 4. The van der Waals surface area contributed by atoms with Crippen molar-refractivity contribution in [2.24, 2.45) is 5.41 Å². The molecule has 0 aromatic carbocycles. The van der Waals surface area contributed by atoms with Crippen LogP contribution in [0.15, 0.2) is 0 Å². The zero-order valence-corrected chi connectivity index (χ0v) is 13.4. The third kappa shape index (κ3) is 2.43. The van der Waals surface area contributed by atoms with Crippen LogP contribution in [0.4, 0.5) is 0 Å². The van der Waals surface area contributed by atoms with Crippen LogP contribution in [-0.4, -0.2) is 30.9 Å². The van der Waals surface area contributed by atoms with Crippen molar-refractivity contribution < 1.29 is 9.90 Å². The van der Waals surface area contributed by atoms with Crippen molar-refractivity contribution in [3.05, 3.63) is 10.8 Å². The summed E-state index contributed by atoms with van der Waals surface area (Å²) in [4.78, 5) is 12.4. The van der Waals surface area contributed by atoms with E-state index in [-0.39, 0.29) is 5.41 Å². The van der Waals surface area contributed by atoms with Crippen LogP contribution in [0.1, 0.15) is 57.3 Å². The number of carbonyl (C=O) groups is 1. The van der Waals surface area contributed by atoms with Gasteiger partial charge in [0, 0.05) is 11.8 Å². The fourth-order valence-corrected chi connectivity index (χ4v) is 3.98. The van der Waals surface area contributed by atoms with Crippen LogP contribution >= 0.6 is 11.3 Å². The summed E-state index contributed by atoms with van der Waals surface area (Å²) < 4.78 is 1.77. The van der Waals surface area contributed by atoms with E-state index in [9.17, 15) is 9.90 Å². The highest BCUT2D eigenvalue weighted by molar-refractivity contribution is 7.16. The SMILES string of the molecule is CC(C)(C)c1nnc2sc(CC3(C(=O)O)CCCC3)nn12. The van der Waals surface area contributed by atoms with Crippen molar-refractivity contribution >= 4 is 22.3 Å². The molecule has 0 radical (unpaired) electrons. The lowest BCUT2D eigenvalue weighted by molar-refractivity contribution is -0.148. The van der Waals surface area contributed by atoms with Crippen molar-refractivity contribution in [2.75, 3.05) is 0 Å². The molecule has 0 spiro atoms. The Morgan fingerprint density at radius 2 is 2.00 bits per heavy atom. The summed E-state index contributed by atoms with van der Waals surface area (Å²) in [6.45, 7) is 6.20. The summed E-state index contributed by atoms with van der Waals surface area (Å²) in [5.41, 5.74) is -0.770. The third-order valence-electron chi connectivity index (χ3n) is 4.21. The van der Waals surface area contributed by atoms with Gasteiger partial charge in [-0.25, -0.2) is 0 Å². The molecule has 0 amide bonds. The number of aromatic nitrogens is 4. The van der Waals surface area contributed by atoms with E-state index in [0.29, 0.717) is 6.42 Å². The van der Waals surface area contributed by atoms with Gasteiger partial charge in [-0.15, -0.1) is 10.2 Å². The molecule has 7 heteroatoms. The van der Waals surface area contributed by atoms with E-state index in [1.54, 1.807) is 4.52 Å². The topological polar surface area (TPSA) is 80.4 Å². The summed E-state index contributed by atoms with van der Waals surface area (Å²) in [6, 6.07) is 0. The summed E-state index contributed by atoms with van der Waals surface area (Å²) >= 11 is 1.45. The second kappa shape index (κ2) is 4.76. The van der Waals surface area contributed by atoms with Gasteiger partial charge in [0.2, 0.25) is 4.96 Å². The zero-order valence-electron chi connectivity index (χ0n) is 12.6. The molecule has 1 aliphatic carbocycles. The van der Waals surface area contributed by atoms with Gasteiger partial charge in [-0.3, -0.25) is 4.79 Å². The van der Waals surface area contributed by atoms with Gasteiger partial charge in [-0.05, 0) is 12.8 Å². The minimum Gasteiger partial charge on any atom is -0.481 e. The predicted molar refractivity (Wildman–Crippen MR) is 79.6 cm³/mol. The highest BCUT2D eigenvalue weighted by Crippen LogP contribution is 2.42. The van der Waals surface area contributed by atoms with Crippen molar-refractivity contribution in [2.45, 2.75) is 58.3 Å². The maximum atomic E-state index is 11.6. The Kier molecular flexibility index (Phi) is 3.27.